The molecule has 1 aliphatic rings. The van der Waals surface area contributed by atoms with E-state index in [1.165, 1.54) is 18.4 Å². The van der Waals surface area contributed by atoms with E-state index < -0.39 is 36.5 Å². The van der Waals surface area contributed by atoms with Crippen LogP contribution in [0.2, 0.25) is 0 Å². The SMILES string of the molecule is CCOC(=O)C1=C(COC(=O)CNC(=O)c2ccco2)NC(=O)N[C@H]1C. The van der Waals surface area contributed by atoms with Crippen LogP contribution in [0.25, 0.3) is 0 Å². The molecule has 1 aromatic heterocycles. The molecular weight excluding hydrogens is 346 g/mol. The van der Waals surface area contributed by atoms with Gasteiger partial charge < -0.3 is 29.8 Å². The highest BCUT2D eigenvalue weighted by molar-refractivity contribution is 5.95. The minimum Gasteiger partial charge on any atom is -0.463 e. The lowest BCUT2D eigenvalue weighted by atomic mass is 10.0. The van der Waals surface area contributed by atoms with Crippen LogP contribution in [0.4, 0.5) is 4.79 Å². The van der Waals surface area contributed by atoms with Crippen LogP contribution in [0.5, 0.6) is 0 Å². The van der Waals surface area contributed by atoms with Gasteiger partial charge in [0, 0.05) is 0 Å². The summed E-state index contributed by atoms with van der Waals surface area (Å²) in [7, 11) is 0. The van der Waals surface area contributed by atoms with Gasteiger partial charge in [-0.3, -0.25) is 9.59 Å². The highest BCUT2D eigenvalue weighted by Gasteiger charge is 2.30. The largest absolute Gasteiger partial charge is 0.463 e. The van der Waals surface area contributed by atoms with Crippen molar-refractivity contribution >= 4 is 23.9 Å². The number of carbonyl (C=O) groups excluding carboxylic acids is 4. The van der Waals surface area contributed by atoms with Crippen LogP contribution in [0.3, 0.4) is 0 Å². The molecule has 26 heavy (non-hydrogen) atoms. The fourth-order valence-electron chi connectivity index (χ4n) is 2.24. The lowest BCUT2D eigenvalue weighted by Crippen LogP contribution is -2.50. The number of rotatable bonds is 7. The first-order valence-electron chi connectivity index (χ1n) is 7.87. The van der Waals surface area contributed by atoms with Gasteiger partial charge in [-0.1, -0.05) is 0 Å². The topological polar surface area (TPSA) is 136 Å². The summed E-state index contributed by atoms with van der Waals surface area (Å²) in [6.07, 6.45) is 1.33. The summed E-state index contributed by atoms with van der Waals surface area (Å²) < 4.78 is 14.9. The van der Waals surface area contributed by atoms with E-state index in [9.17, 15) is 19.2 Å². The van der Waals surface area contributed by atoms with Crippen LogP contribution < -0.4 is 16.0 Å². The van der Waals surface area contributed by atoms with Crippen molar-refractivity contribution in [2.45, 2.75) is 19.9 Å². The van der Waals surface area contributed by atoms with Gasteiger partial charge in [-0.15, -0.1) is 0 Å². The van der Waals surface area contributed by atoms with Gasteiger partial charge >= 0.3 is 18.0 Å². The molecule has 0 saturated heterocycles. The van der Waals surface area contributed by atoms with Crippen molar-refractivity contribution in [2.75, 3.05) is 19.8 Å². The Kier molecular flexibility index (Phi) is 6.36. The van der Waals surface area contributed by atoms with Gasteiger partial charge in [-0.05, 0) is 26.0 Å². The first-order valence-corrected chi connectivity index (χ1v) is 7.87. The average Bonchev–Trinajstić information content (AvgIpc) is 3.12. The lowest BCUT2D eigenvalue weighted by Gasteiger charge is -2.26. The molecular formula is C16H19N3O7. The lowest BCUT2D eigenvalue weighted by molar-refractivity contribution is -0.142. The molecule has 1 aromatic rings. The Morgan fingerprint density at radius 1 is 1.31 bits per heavy atom. The number of hydrogen-bond acceptors (Lipinski definition) is 7. The number of furan rings is 1. The molecule has 0 spiro atoms. The second-order valence-corrected chi connectivity index (χ2v) is 5.25. The van der Waals surface area contributed by atoms with E-state index in [0.717, 1.165) is 0 Å². The number of esters is 2. The number of nitrogens with one attached hydrogen (secondary N) is 3. The van der Waals surface area contributed by atoms with Crippen molar-refractivity contribution < 1.29 is 33.1 Å². The first-order chi connectivity index (χ1) is 12.4. The van der Waals surface area contributed by atoms with E-state index in [0.29, 0.717) is 0 Å². The Balaban J connectivity index is 1.94. The minimum atomic E-state index is -0.749. The summed E-state index contributed by atoms with van der Waals surface area (Å²) in [5.41, 5.74) is 0.296. The highest BCUT2D eigenvalue weighted by atomic mass is 16.5. The maximum Gasteiger partial charge on any atom is 0.338 e. The standard InChI is InChI=1S/C16H19N3O7/c1-3-24-15(22)13-9(2)18-16(23)19-10(13)8-26-12(20)7-17-14(21)11-5-4-6-25-11/h4-6,9H,3,7-8H2,1-2H3,(H,17,21)(H2,18,19,23)/t9-/m0/s1. The molecule has 0 aliphatic carbocycles. The molecule has 1 atom stereocenters. The second kappa shape index (κ2) is 8.70. The quantitative estimate of drug-likeness (QED) is 0.582. The van der Waals surface area contributed by atoms with E-state index in [-0.39, 0.29) is 30.2 Å². The van der Waals surface area contributed by atoms with Crippen molar-refractivity contribution in [3.05, 3.63) is 35.4 Å². The maximum absolute atomic E-state index is 12.0. The molecule has 2 heterocycles. The fraction of sp³-hybridized carbons (Fsp3) is 0.375. The van der Waals surface area contributed by atoms with E-state index in [4.69, 9.17) is 13.9 Å². The van der Waals surface area contributed by atoms with Gasteiger partial charge in [0.2, 0.25) is 0 Å². The van der Waals surface area contributed by atoms with Gasteiger partial charge in [-0.25, -0.2) is 9.59 Å². The summed E-state index contributed by atoms with van der Waals surface area (Å²) in [5, 5.41) is 7.28. The van der Waals surface area contributed by atoms with Crippen LogP contribution in [-0.2, 0) is 19.1 Å². The van der Waals surface area contributed by atoms with Gasteiger partial charge in [0.15, 0.2) is 5.76 Å². The van der Waals surface area contributed by atoms with Gasteiger partial charge in [0.25, 0.3) is 5.91 Å². The third kappa shape index (κ3) is 4.85. The molecule has 10 nitrogen and oxygen atoms in total. The number of carbonyl (C=O) groups is 4. The summed E-state index contributed by atoms with van der Waals surface area (Å²) in [6, 6.07) is 1.86. The maximum atomic E-state index is 12.0. The normalized spacial score (nSPS) is 16.4. The van der Waals surface area contributed by atoms with Crippen LogP contribution in [0.1, 0.15) is 24.4 Å². The van der Waals surface area contributed by atoms with Crippen molar-refractivity contribution in [1.82, 2.24) is 16.0 Å². The number of hydrogen-bond donors (Lipinski definition) is 3. The molecule has 0 aromatic carbocycles. The van der Waals surface area contributed by atoms with Crippen LogP contribution in [0.15, 0.2) is 34.1 Å². The van der Waals surface area contributed by atoms with E-state index >= 15 is 0 Å². The third-order valence-corrected chi connectivity index (χ3v) is 3.38. The molecule has 0 fully saturated rings. The van der Waals surface area contributed by atoms with E-state index in [1.54, 1.807) is 13.8 Å². The van der Waals surface area contributed by atoms with Crippen LogP contribution >= 0.6 is 0 Å². The zero-order valence-electron chi connectivity index (χ0n) is 14.3. The molecule has 140 valence electrons. The highest BCUT2D eigenvalue weighted by Crippen LogP contribution is 2.14. The number of urea groups is 1. The van der Waals surface area contributed by atoms with Crippen LogP contribution in [0, 0.1) is 0 Å². The van der Waals surface area contributed by atoms with Crippen molar-refractivity contribution in [3.63, 3.8) is 0 Å². The predicted octanol–water partition coefficient (Wildman–Crippen LogP) is 0.0711. The Bertz CT molecular complexity index is 724. The van der Waals surface area contributed by atoms with Crippen molar-refractivity contribution in [1.29, 1.82) is 0 Å². The van der Waals surface area contributed by atoms with Crippen molar-refractivity contribution in [3.8, 4) is 0 Å². The zero-order chi connectivity index (χ0) is 19.1. The first kappa shape index (κ1) is 19.0. The smallest absolute Gasteiger partial charge is 0.338 e. The molecule has 1 aliphatic heterocycles. The summed E-state index contributed by atoms with van der Waals surface area (Å²) in [4.78, 5) is 47.1. The Hall–Kier alpha value is -3.30. The van der Waals surface area contributed by atoms with Crippen molar-refractivity contribution in [2.24, 2.45) is 0 Å². The molecule has 3 amide bonds. The molecule has 2 rings (SSSR count). The summed E-state index contributed by atoms with van der Waals surface area (Å²) >= 11 is 0. The summed E-state index contributed by atoms with van der Waals surface area (Å²) in [6.45, 7) is 2.68. The van der Waals surface area contributed by atoms with Gasteiger partial charge in [0.05, 0.1) is 30.2 Å². The predicted molar refractivity (Wildman–Crippen MR) is 86.8 cm³/mol. The van der Waals surface area contributed by atoms with Gasteiger partial charge in [0.1, 0.15) is 13.2 Å². The molecule has 0 unspecified atom stereocenters. The van der Waals surface area contributed by atoms with Gasteiger partial charge in [-0.2, -0.15) is 0 Å². The summed E-state index contributed by atoms with van der Waals surface area (Å²) in [5.74, 6) is -1.88. The molecule has 0 bridgehead atoms. The Morgan fingerprint density at radius 3 is 2.73 bits per heavy atom. The van der Waals surface area contributed by atoms with E-state index in [1.807, 2.05) is 0 Å². The molecule has 0 radical (unpaired) electrons. The third-order valence-electron chi connectivity index (χ3n) is 3.38. The fourth-order valence-corrected chi connectivity index (χ4v) is 2.24. The van der Waals surface area contributed by atoms with E-state index in [2.05, 4.69) is 16.0 Å². The zero-order valence-corrected chi connectivity index (χ0v) is 14.3. The second-order valence-electron chi connectivity index (χ2n) is 5.25. The monoisotopic (exact) mass is 365 g/mol. The number of amides is 3. The number of ether oxygens (including phenoxy) is 2. The van der Waals surface area contributed by atoms with Crippen LogP contribution in [-0.4, -0.2) is 49.7 Å². The molecule has 3 N–H and O–H groups in total. The molecule has 10 heteroatoms. The average molecular weight is 365 g/mol. The Morgan fingerprint density at radius 2 is 2.08 bits per heavy atom. The Labute approximate surface area is 148 Å². The minimum absolute atomic E-state index is 0.0598. The molecule has 0 saturated carbocycles.